The van der Waals surface area contributed by atoms with Crippen LogP contribution in [0.2, 0.25) is 0 Å². The lowest BCUT2D eigenvalue weighted by Crippen LogP contribution is -2.59. The van der Waals surface area contributed by atoms with Crippen molar-refractivity contribution in [3.63, 3.8) is 0 Å². The van der Waals surface area contributed by atoms with Gasteiger partial charge in [-0.25, -0.2) is 0 Å². The summed E-state index contributed by atoms with van der Waals surface area (Å²) in [7, 11) is 0. The molecule has 4 aliphatic carbocycles. The molecule has 4 aliphatic rings. The Bertz CT molecular complexity index is 570. The fraction of sp³-hybridized carbons (Fsp3) is 0.955. The van der Waals surface area contributed by atoms with E-state index >= 15 is 0 Å². The van der Waals surface area contributed by atoms with Crippen LogP contribution in [-0.2, 0) is 9.53 Å². The van der Waals surface area contributed by atoms with Crippen molar-refractivity contribution >= 4 is 5.97 Å². The number of hydrogen-bond donors (Lipinski definition) is 1. The average molecular weight is 349 g/mol. The van der Waals surface area contributed by atoms with E-state index < -0.39 is 5.60 Å². The van der Waals surface area contributed by atoms with E-state index in [-0.39, 0.29) is 11.4 Å². The molecule has 0 aromatic rings. The largest absolute Gasteiger partial charge is 0.465 e. The van der Waals surface area contributed by atoms with Crippen LogP contribution in [0.1, 0.15) is 85.5 Å². The van der Waals surface area contributed by atoms with Gasteiger partial charge in [-0.1, -0.05) is 20.3 Å². The molecular formula is C22H36O3. The van der Waals surface area contributed by atoms with Gasteiger partial charge >= 0.3 is 5.97 Å². The molecule has 2 bridgehead atoms. The Morgan fingerprint density at radius 2 is 1.84 bits per heavy atom. The van der Waals surface area contributed by atoms with Crippen LogP contribution in [0.3, 0.4) is 0 Å². The van der Waals surface area contributed by atoms with E-state index in [2.05, 4.69) is 20.8 Å². The van der Waals surface area contributed by atoms with Crippen LogP contribution in [0, 0.1) is 34.0 Å². The fourth-order valence-electron chi connectivity index (χ4n) is 8.15. The van der Waals surface area contributed by atoms with Gasteiger partial charge in [0.1, 0.15) is 0 Å². The lowest BCUT2D eigenvalue weighted by Gasteiger charge is -2.65. The molecule has 7 atom stereocenters. The second kappa shape index (κ2) is 5.47. The minimum absolute atomic E-state index is 0.121. The van der Waals surface area contributed by atoms with E-state index in [1.807, 2.05) is 0 Å². The van der Waals surface area contributed by atoms with Gasteiger partial charge in [0.05, 0.1) is 12.2 Å². The number of carbonyl (C=O) groups excluding carboxylic acids is 1. The van der Waals surface area contributed by atoms with Crippen molar-refractivity contribution in [1.82, 2.24) is 0 Å². The van der Waals surface area contributed by atoms with E-state index in [1.54, 1.807) is 0 Å². The molecule has 0 unspecified atom stereocenters. The van der Waals surface area contributed by atoms with Gasteiger partial charge in [0.25, 0.3) is 0 Å². The molecule has 3 nitrogen and oxygen atoms in total. The van der Waals surface area contributed by atoms with Crippen molar-refractivity contribution in [3.05, 3.63) is 0 Å². The summed E-state index contributed by atoms with van der Waals surface area (Å²) in [6, 6.07) is 0. The van der Waals surface area contributed by atoms with Crippen LogP contribution in [0.15, 0.2) is 0 Å². The van der Waals surface area contributed by atoms with Crippen LogP contribution in [0.25, 0.3) is 0 Å². The molecule has 4 rings (SSSR count). The summed E-state index contributed by atoms with van der Waals surface area (Å²) in [5.74, 6) is 1.79. The van der Waals surface area contributed by atoms with Gasteiger partial charge in [0.2, 0.25) is 0 Å². The molecule has 1 N–H and O–H groups in total. The number of rotatable bonds is 2. The standard InChI is InChI=1S/C22H36O3/c1-15(23)25-14-19(2)8-5-9-20(3)18(19)7-6-16-12-17-13-22(16,20)11-10-21(17,4)24/h16-18,24H,5-14H2,1-4H3/t16-,17-,18+,19+,20-,21-,22+/m0/s1. The molecule has 4 fully saturated rings. The number of hydrogen-bond acceptors (Lipinski definition) is 3. The molecule has 0 aromatic heterocycles. The lowest BCUT2D eigenvalue weighted by atomic mass is 9.39. The van der Waals surface area contributed by atoms with Crippen LogP contribution < -0.4 is 0 Å². The van der Waals surface area contributed by atoms with Gasteiger partial charge in [-0.05, 0) is 86.9 Å². The Morgan fingerprint density at radius 3 is 2.56 bits per heavy atom. The quantitative estimate of drug-likeness (QED) is 0.735. The van der Waals surface area contributed by atoms with Crippen LogP contribution in [-0.4, -0.2) is 23.3 Å². The molecular weight excluding hydrogens is 312 g/mol. The molecule has 3 heteroatoms. The second-order valence-electron chi connectivity index (χ2n) is 10.7. The van der Waals surface area contributed by atoms with E-state index in [0.29, 0.717) is 29.3 Å². The number of ether oxygens (including phenoxy) is 1. The Morgan fingerprint density at radius 1 is 1.08 bits per heavy atom. The number of carbonyl (C=O) groups is 1. The first kappa shape index (κ1) is 17.8. The maximum absolute atomic E-state index is 11.4. The summed E-state index contributed by atoms with van der Waals surface area (Å²) in [6.07, 6.45) is 11.0. The van der Waals surface area contributed by atoms with Crippen molar-refractivity contribution in [2.75, 3.05) is 6.61 Å². The third-order valence-corrected chi connectivity index (χ3v) is 9.52. The maximum Gasteiger partial charge on any atom is 0.302 e. The van der Waals surface area contributed by atoms with Gasteiger partial charge in [0, 0.05) is 12.3 Å². The summed E-state index contributed by atoms with van der Waals surface area (Å²) in [4.78, 5) is 11.4. The highest BCUT2D eigenvalue weighted by Crippen LogP contribution is 2.75. The van der Waals surface area contributed by atoms with Crippen molar-refractivity contribution in [3.8, 4) is 0 Å². The average Bonchev–Trinajstić information content (AvgIpc) is 2.88. The van der Waals surface area contributed by atoms with Crippen LogP contribution in [0.5, 0.6) is 0 Å². The van der Waals surface area contributed by atoms with Gasteiger partial charge in [-0.3, -0.25) is 4.79 Å². The van der Waals surface area contributed by atoms with Crippen molar-refractivity contribution < 1.29 is 14.6 Å². The van der Waals surface area contributed by atoms with Crippen LogP contribution >= 0.6 is 0 Å². The van der Waals surface area contributed by atoms with Gasteiger partial charge in [-0.15, -0.1) is 0 Å². The van der Waals surface area contributed by atoms with Crippen molar-refractivity contribution in [1.29, 1.82) is 0 Å². The summed E-state index contributed by atoms with van der Waals surface area (Å²) < 4.78 is 5.55. The molecule has 142 valence electrons. The zero-order valence-corrected chi connectivity index (χ0v) is 16.6. The minimum atomic E-state index is -0.454. The minimum Gasteiger partial charge on any atom is -0.465 e. The molecule has 0 aliphatic heterocycles. The van der Waals surface area contributed by atoms with Gasteiger partial charge < -0.3 is 9.84 Å². The zero-order valence-electron chi connectivity index (χ0n) is 16.6. The van der Waals surface area contributed by atoms with E-state index in [9.17, 15) is 9.90 Å². The fourth-order valence-corrected chi connectivity index (χ4v) is 8.15. The molecule has 0 aromatic carbocycles. The lowest BCUT2D eigenvalue weighted by molar-refractivity contribution is -0.188. The predicted octanol–water partition coefficient (Wildman–Crippen LogP) is 4.71. The van der Waals surface area contributed by atoms with Gasteiger partial charge in [0.15, 0.2) is 0 Å². The third-order valence-electron chi connectivity index (χ3n) is 9.52. The van der Waals surface area contributed by atoms with E-state index in [1.165, 1.54) is 58.3 Å². The first-order valence-electron chi connectivity index (χ1n) is 10.5. The van der Waals surface area contributed by atoms with Crippen molar-refractivity contribution in [2.24, 2.45) is 34.0 Å². The number of aliphatic hydroxyl groups is 1. The predicted molar refractivity (Wildman–Crippen MR) is 97.9 cm³/mol. The normalized spacial score (nSPS) is 54.5. The zero-order chi connectivity index (χ0) is 18.1. The summed E-state index contributed by atoms with van der Waals surface area (Å²) >= 11 is 0. The highest BCUT2D eigenvalue weighted by molar-refractivity contribution is 5.65. The van der Waals surface area contributed by atoms with Crippen molar-refractivity contribution in [2.45, 2.75) is 91.1 Å². The molecule has 0 amide bonds. The summed E-state index contributed by atoms with van der Waals surface area (Å²) in [5.41, 5.74) is 0.426. The van der Waals surface area contributed by atoms with Gasteiger partial charge in [-0.2, -0.15) is 0 Å². The highest BCUT2D eigenvalue weighted by atomic mass is 16.5. The Kier molecular flexibility index (Phi) is 3.90. The molecule has 0 heterocycles. The Hall–Kier alpha value is -0.570. The van der Waals surface area contributed by atoms with E-state index in [4.69, 9.17) is 4.74 Å². The molecule has 1 spiro atoms. The first-order valence-corrected chi connectivity index (χ1v) is 10.5. The number of esters is 1. The number of fused-ring (bicyclic) bond motifs is 2. The molecule has 25 heavy (non-hydrogen) atoms. The molecule has 4 saturated carbocycles. The molecule has 0 saturated heterocycles. The second-order valence-corrected chi connectivity index (χ2v) is 10.7. The van der Waals surface area contributed by atoms with Crippen LogP contribution in [0.4, 0.5) is 0 Å². The molecule has 0 radical (unpaired) electrons. The topological polar surface area (TPSA) is 46.5 Å². The first-order chi connectivity index (χ1) is 11.6. The van der Waals surface area contributed by atoms with E-state index in [0.717, 1.165) is 12.3 Å². The SMILES string of the molecule is CC(=O)OC[C@@]1(C)CCC[C@@]2(C)[C@@H]1CC[C@H]1C[C@H]3C[C@]12CC[C@]3(C)O. The summed E-state index contributed by atoms with van der Waals surface area (Å²) in [6.45, 7) is 9.14. The smallest absolute Gasteiger partial charge is 0.302 e. The monoisotopic (exact) mass is 348 g/mol. The Labute approximate surface area is 152 Å². The Balaban J connectivity index is 1.67. The summed E-state index contributed by atoms with van der Waals surface area (Å²) in [5, 5.41) is 10.9. The maximum atomic E-state index is 11.4. The highest BCUT2D eigenvalue weighted by Gasteiger charge is 2.68. The third kappa shape index (κ3) is 2.37.